The molecule has 0 aromatic heterocycles. The zero-order chi connectivity index (χ0) is 13.7. The van der Waals surface area contributed by atoms with Crippen molar-refractivity contribution in [1.82, 2.24) is 0 Å². The number of hydrogen-bond acceptors (Lipinski definition) is 2. The van der Waals surface area contributed by atoms with Gasteiger partial charge in [-0.25, -0.2) is 0 Å². The van der Waals surface area contributed by atoms with E-state index >= 15 is 0 Å². The molecule has 0 aliphatic heterocycles. The minimum atomic E-state index is 0.0380. The first-order valence-electron chi connectivity index (χ1n) is 8.71. The molecular weight excluding hydrogens is 232 g/mol. The quantitative estimate of drug-likeness (QED) is 0.791. The molecule has 2 fully saturated rings. The molecule has 4 N–H and O–H groups in total. The number of rotatable bonds is 5. The van der Waals surface area contributed by atoms with E-state index in [0.29, 0.717) is 6.04 Å². The highest BCUT2D eigenvalue weighted by atomic mass is 14.8. The maximum atomic E-state index is 7.04. The normalized spacial score (nSPS) is 25.4. The van der Waals surface area contributed by atoms with E-state index in [0.717, 1.165) is 24.7 Å². The highest BCUT2D eigenvalue weighted by molar-refractivity contribution is 5.00. The van der Waals surface area contributed by atoms with Crippen molar-refractivity contribution in [2.45, 2.75) is 95.6 Å². The smallest absolute Gasteiger partial charge is 0.0226 e. The van der Waals surface area contributed by atoms with Crippen molar-refractivity contribution in [3.05, 3.63) is 0 Å². The Labute approximate surface area is 119 Å². The molecule has 2 saturated carbocycles. The van der Waals surface area contributed by atoms with Crippen LogP contribution in [0, 0.1) is 11.8 Å². The fraction of sp³-hybridized carbons (Fsp3) is 1.00. The molecule has 0 amide bonds. The van der Waals surface area contributed by atoms with Crippen molar-refractivity contribution in [3.63, 3.8) is 0 Å². The average molecular weight is 266 g/mol. The van der Waals surface area contributed by atoms with E-state index in [2.05, 4.69) is 6.92 Å². The van der Waals surface area contributed by atoms with Crippen molar-refractivity contribution >= 4 is 0 Å². The molecule has 0 radical (unpaired) electrons. The monoisotopic (exact) mass is 266 g/mol. The summed E-state index contributed by atoms with van der Waals surface area (Å²) < 4.78 is 0. The summed E-state index contributed by atoms with van der Waals surface area (Å²) in [5.74, 6) is 1.48. The molecule has 2 rings (SSSR count). The Morgan fingerprint density at radius 1 is 0.895 bits per heavy atom. The standard InChI is InChI=1S/C17H34N2/c1-2-16(18)13-17(19,14-9-5-3-6-10-14)15-11-7-4-8-12-15/h14-16H,2-13,18-19H2,1H3. The highest BCUT2D eigenvalue weighted by Crippen LogP contribution is 2.43. The van der Waals surface area contributed by atoms with Crippen LogP contribution in [0.5, 0.6) is 0 Å². The van der Waals surface area contributed by atoms with Crippen LogP contribution in [-0.4, -0.2) is 11.6 Å². The van der Waals surface area contributed by atoms with Crippen LogP contribution in [-0.2, 0) is 0 Å². The van der Waals surface area contributed by atoms with Gasteiger partial charge in [-0.2, -0.15) is 0 Å². The molecule has 1 unspecified atom stereocenters. The van der Waals surface area contributed by atoms with Crippen LogP contribution in [0.25, 0.3) is 0 Å². The second-order valence-electron chi connectivity index (χ2n) is 7.15. The van der Waals surface area contributed by atoms with E-state index in [1.807, 2.05) is 0 Å². The zero-order valence-electron chi connectivity index (χ0n) is 12.9. The van der Waals surface area contributed by atoms with Crippen LogP contribution in [0.2, 0.25) is 0 Å². The molecule has 0 aromatic rings. The predicted molar refractivity (Wildman–Crippen MR) is 83.0 cm³/mol. The molecule has 0 heterocycles. The predicted octanol–water partition coefficient (Wildman–Crippen LogP) is 3.97. The van der Waals surface area contributed by atoms with Gasteiger partial charge < -0.3 is 11.5 Å². The van der Waals surface area contributed by atoms with Gasteiger partial charge in [0.2, 0.25) is 0 Å². The molecule has 0 bridgehead atoms. The summed E-state index contributed by atoms with van der Waals surface area (Å²) in [6.07, 6.45) is 15.9. The summed E-state index contributed by atoms with van der Waals surface area (Å²) in [6.45, 7) is 2.20. The Kier molecular flexibility index (Phi) is 5.70. The lowest BCUT2D eigenvalue weighted by atomic mass is 9.62. The van der Waals surface area contributed by atoms with Crippen molar-refractivity contribution in [3.8, 4) is 0 Å². The lowest BCUT2D eigenvalue weighted by Gasteiger charge is -2.48. The third kappa shape index (κ3) is 3.72. The van der Waals surface area contributed by atoms with Crippen molar-refractivity contribution in [2.24, 2.45) is 23.3 Å². The molecule has 0 saturated heterocycles. The Bertz CT molecular complexity index is 234. The molecule has 2 nitrogen and oxygen atoms in total. The molecular formula is C17H34N2. The number of nitrogens with two attached hydrogens (primary N) is 2. The van der Waals surface area contributed by atoms with Crippen LogP contribution in [0.15, 0.2) is 0 Å². The van der Waals surface area contributed by atoms with Crippen molar-refractivity contribution in [2.75, 3.05) is 0 Å². The number of hydrogen-bond donors (Lipinski definition) is 2. The minimum Gasteiger partial charge on any atom is -0.328 e. The maximum absolute atomic E-state index is 7.04. The first-order chi connectivity index (χ1) is 9.16. The van der Waals surface area contributed by atoms with Crippen LogP contribution in [0.1, 0.15) is 84.0 Å². The Morgan fingerprint density at radius 2 is 1.32 bits per heavy atom. The lowest BCUT2D eigenvalue weighted by Crippen LogP contribution is -2.57. The van der Waals surface area contributed by atoms with Crippen LogP contribution < -0.4 is 11.5 Å². The molecule has 1 atom stereocenters. The molecule has 2 aliphatic rings. The maximum Gasteiger partial charge on any atom is 0.0226 e. The summed E-state index contributed by atoms with van der Waals surface area (Å²) in [7, 11) is 0. The summed E-state index contributed by atoms with van der Waals surface area (Å²) in [5.41, 5.74) is 13.4. The van der Waals surface area contributed by atoms with Crippen molar-refractivity contribution < 1.29 is 0 Å². The summed E-state index contributed by atoms with van der Waals surface area (Å²) >= 11 is 0. The minimum absolute atomic E-state index is 0.0380. The fourth-order valence-electron chi connectivity index (χ4n) is 4.55. The van der Waals surface area contributed by atoms with Crippen LogP contribution >= 0.6 is 0 Å². The van der Waals surface area contributed by atoms with Gasteiger partial charge in [-0.05, 0) is 50.4 Å². The van der Waals surface area contributed by atoms with Crippen LogP contribution in [0.4, 0.5) is 0 Å². The molecule has 0 spiro atoms. The van der Waals surface area contributed by atoms with Crippen LogP contribution in [0.3, 0.4) is 0 Å². The molecule has 2 aliphatic carbocycles. The van der Waals surface area contributed by atoms with Gasteiger partial charge >= 0.3 is 0 Å². The van der Waals surface area contributed by atoms with E-state index < -0.39 is 0 Å². The molecule has 2 heteroatoms. The van der Waals surface area contributed by atoms with Gasteiger partial charge in [0.15, 0.2) is 0 Å². The van der Waals surface area contributed by atoms with E-state index in [1.165, 1.54) is 64.2 Å². The Morgan fingerprint density at radius 3 is 1.68 bits per heavy atom. The van der Waals surface area contributed by atoms with Gasteiger partial charge in [-0.15, -0.1) is 0 Å². The van der Waals surface area contributed by atoms with E-state index in [4.69, 9.17) is 11.5 Å². The van der Waals surface area contributed by atoms with E-state index in [-0.39, 0.29) is 5.54 Å². The second kappa shape index (κ2) is 7.08. The van der Waals surface area contributed by atoms with Gasteiger partial charge in [0, 0.05) is 11.6 Å². The molecule has 19 heavy (non-hydrogen) atoms. The summed E-state index contributed by atoms with van der Waals surface area (Å²) in [6, 6.07) is 0.300. The summed E-state index contributed by atoms with van der Waals surface area (Å²) in [4.78, 5) is 0. The highest BCUT2D eigenvalue weighted by Gasteiger charge is 2.42. The molecule has 112 valence electrons. The fourth-order valence-corrected chi connectivity index (χ4v) is 4.55. The SMILES string of the molecule is CCC(N)CC(N)(C1CCCCC1)C1CCCCC1. The lowest BCUT2D eigenvalue weighted by molar-refractivity contribution is 0.0896. The third-order valence-electron chi connectivity index (χ3n) is 5.87. The van der Waals surface area contributed by atoms with Gasteiger partial charge in [0.05, 0.1) is 0 Å². The molecule has 0 aromatic carbocycles. The first-order valence-corrected chi connectivity index (χ1v) is 8.71. The average Bonchev–Trinajstić information content (AvgIpc) is 2.48. The third-order valence-corrected chi connectivity index (χ3v) is 5.87. The first kappa shape index (κ1) is 15.3. The second-order valence-corrected chi connectivity index (χ2v) is 7.15. The Balaban J connectivity index is 2.09. The van der Waals surface area contributed by atoms with Gasteiger partial charge in [0.1, 0.15) is 0 Å². The van der Waals surface area contributed by atoms with Gasteiger partial charge in [-0.1, -0.05) is 45.4 Å². The van der Waals surface area contributed by atoms with E-state index in [9.17, 15) is 0 Å². The van der Waals surface area contributed by atoms with Gasteiger partial charge in [-0.3, -0.25) is 0 Å². The zero-order valence-corrected chi connectivity index (χ0v) is 12.9. The Hall–Kier alpha value is -0.0800. The largest absolute Gasteiger partial charge is 0.328 e. The van der Waals surface area contributed by atoms with Crippen molar-refractivity contribution in [1.29, 1.82) is 0 Å². The van der Waals surface area contributed by atoms with Gasteiger partial charge in [0.25, 0.3) is 0 Å². The van der Waals surface area contributed by atoms with E-state index in [1.54, 1.807) is 0 Å². The summed E-state index contributed by atoms with van der Waals surface area (Å²) in [5, 5.41) is 0. The topological polar surface area (TPSA) is 52.0 Å².